The minimum absolute atomic E-state index is 0.191. The van der Waals surface area contributed by atoms with Crippen LogP contribution in [0.4, 0.5) is 5.69 Å². The molecular formula is C22H24N4O4S. The van der Waals surface area contributed by atoms with Crippen LogP contribution in [0.15, 0.2) is 59.6 Å². The van der Waals surface area contributed by atoms with E-state index in [0.717, 1.165) is 29.0 Å². The number of carbonyl (C=O) groups excluding carboxylic acids is 1. The second-order valence-electron chi connectivity index (χ2n) is 7.41. The smallest absolute Gasteiger partial charge is 0.243 e. The van der Waals surface area contributed by atoms with E-state index < -0.39 is 10.0 Å². The summed E-state index contributed by atoms with van der Waals surface area (Å²) in [6.45, 7) is 1.83. The van der Waals surface area contributed by atoms with E-state index in [1.54, 1.807) is 25.4 Å². The molecule has 1 saturated heterocycles. The highest BCUT2D eigenvalue weighted by Gasteiger charge is 2.38. The van der Waals surface area contributed by atoms with E-state index in [1.807, 2.05) is 24.3 Å². The van der Waals surface area contributed by atoms with Gasteiger partial charge in [-0.15, -0.1) is 0 Å². The molecule has 1 fully saturated rings. The molecule has 1 atom stereocenters. The van der Waals surface area contributed by atoms with E-state index in [-0.39, 0.29) is 16.8 Å². The quantitative estimate of drug-likeness (QED) is 0.610. The van der Waals surface area contributed by atoms with Gasteiger partial charge in [0.15, 0.2) is 0 Å². The number of nitrogens with one attached hydrogen (secondary N) is 2. The van der Waals surface area contributed by atoms with Gasteiger partial charge in [-0.25, -0.2) is 8.42 Å². The third-order valence-corrected chi connectivity index (χ3v) is 7.29. The van der Waals surface area contributed by atoms with E-state index in [4.69, 9.17) is 4.74 Å². The van der Waals surface area contributed by atoms with Crippen molar-refractivity contribution in [2.24, 2.45) is 0 Å². The number of nitrogens with zero attached hydrogens (tertiary/aromatic N) is 2. The maximum absolute atomic E-state index is 13.4. The first kappa shape index (κ1) is 21.1. The Morgan fingerprint density at radius 3 is 2.71 bits per heavy atom. The minimum Gasteiger partial charge on any atom is -0.497 e. The minimum atomic E-state index is -3.72. The highest BCUT2D eigenvalue weighted by atomic mass is 32.2. The van der Waals surface area contributed by atoms with Crippen molar-refractivity contribution in [2.45, 2.75) is 30.7 Å². The lowest BCUT2D eigenvalue weighted by Gasteiger charge is -2.24. The SMILES string of the molecule is COc1cccc(-c2cn[nH]c2[C@@H]2CCCN2S(=O)(=O)c2ccc(NC(C)=O)cc2)c1. The fourth-order valence-corrected chi connectivity index (χ4v) is 5.60. The Morgan fingerprint density at radius 1 is 1.23 bits per heavy atom. The van der Waals surface area contributed by atoms with Gasteiger partial charge in [-0.2, -0.15) is 9.40 Å². The standard InChI is InChI=1S/C22H24N4O4S/c1-15(27)24-17-8-10-19(11-9-17)31(28,29)26-12-4-7-21(26)22-20(14-23-25-22)16-5-3-6-18(13-16)30-2/h3,5-6,8-11,13-14,21H,4,7,12H2,1-2H3,(H,23,25)(H,24,27)/t21-/m0/s1. The molecule has 3 aromatic rings. The number of hydrogen-bond acceptors (Lipinski definition) is 5. The van der Waals surface area contributed by atoms with Crippen molar-refractivity contribution in [1.29, 1.82) is 0 Å². The maximum Gasteiger partial charge on any atom is 0.243 e. The van der Waals surface area contributed by atoms with E-state index in [9.17, 15) is 13.2 Å². The van der Waals surface area contributed by atoms with Gasteiger partial charge in [-0.3, -0.25) is 9.89 Å². The first-order chi connectivity index (χ1) is 14.9. The first-order valence-corrected chi connectivity index (χ1v) is 11.4. The normalized spacial score (nSPS) is 16.9. The number of rotatable bonds is 6. The summed E-state index contributed by atoms with van der Waals surface area (Å²) in [6, 6.07) is 13.5. The topological polar surface area (TPSA) is 104 Å². The van der Waals surface area contributed by atoms with Crippen LogP contribution in [0.1, 0.15) is 31.5 Å². The summed E-state index contributed by atoms with van der Waals surface area (Å²) in [6.07, 6.45) is 3.17. The van der Waals surface area contributed by atoms with Gasteiger partial charge in [0.1, 0.15) is 5.75 Å². The maximum atomic E-state index is 13.4. The van der Waals surface area contributed by atoms with Crippen LogP contribution in [-0.2, 0) is 14.8 Å². The van der Waals surface area contributed by atoms with Gasteiger partial charge < -0.3 is 10.1 Å². The molecule has 1 aromatic heterocycles. The molecule has 2 N–H and O–H groups in total. The Morgan fingerprint density at radius 2 is 2.00 bits per heavy atom. The predicted molar refractivity (Wildman–Crippen MR) is 117 cm³/mol. The number of anilines is 1. The van der Waals surface area contributed by atoms with Crippen LogP contribution in [0.5, 0.6) is 5.75 Å². The number of methoxy groups -OCH3 is 1. The van der Waals surface area contributed by atoms with Crippen molar-refractivity contribution in [2.75, 3.05) is 19.0 Å². The molecule has 9 heteroatoms. The van der Waals surface area contributed by atoms with Crippen molar-refractivity contribution in [3.8, 4) is 16.9 Å². The molecule has 2 heterocycles. The zero-order valence-electron chi connectivity index (χ0n) is 17.3. The second kappa shape index (κ2) is 8.52. The van der Waals surface area contributed by atoms with Crippen LogP contribution >= 0.6 is 0 Å². The van der Waals surface area contributed by atoms with Crippen LogP contribution in [0.2, 0.25) is 0 Å². The van der Waals surface area contributed by atoms with Crippen molar-refractivity contribution < 1.29 is 17.9 Å². The lowest BCUT2D eigenvalue weighted by atomic mass is 10.0. The molecule has 0 unspecified atom stereocenters. The predicted octanol–water partition coefficient (Wildman–Crippen LogP) is 3.57. The number of sulfonamides is 1. The molecular weight excluding hydrogens is 416 g/mol. The monoisotopic (exact) mass is 440 g/mol. The molecule has 0 spiro atoms. The van der Waals surface area contributed by atoms with Crippen molar-refractivity contribution in [3.63, 3.8) is 0 Å². The van der Waals surface area contributed by atoms with Crippen LogP contribution in [0, 0.1) is 0 Å². The number of aromatic nitrogens is 2. The number of aromatic amines is 1. The lowest BCUT2D eigenvalue weighted by molar-refractivity contribution is -0.114. The average molecular weight is 441 g/mol. The molecule has 1 amide bonds. The Kier molecular flexibility index (Phi) is 5.79. The molecule has 0 saturated carbocycles. The molecule has 0 aliphatic carbocycles. The largest absolute Gasteiger partial charge is 0.497 e. The fourth-order valence-electron chi connectivity index (χ4n) is 3.94. The third kappa shape index (κ3) is 4.19. The van der Waals surface area contributed by atoms with Crippen LogP contribution in [-0.4, -0.2) is 42.5 Å². The second-order valence-corrected chi connectivity index (χ2v) is 9.30. The Labute approximate surface area is 181 Å². The summed E-state index contributed by atoms with van der Waals surface area (Å²) in [5.41, 5.74) is 3.08. The molecule has 2 aromatic carbocycles. The van der Waals surface area contributed by atoms with Crippen molar-refractivity contribution in [3.05, 3.63) is 60.4 Å². The van der Waals surface area contributed by atoms with E-state index in [2.05, 4.69) is 15.5 Å². The van der Waals surface area contributed by atoms with Crippen LogP contribution in [0.25, 0.3) is 11.1 Å². The first-order valence-electron chi connectivity index (χ1n) is 9.97. The summed E-state index contributed by atoms with van der Waals surface area (Å²) in [5, 5.41) is 9.87. The summed E-state index contributed by atoms with van der Waals surface area (Å²) in [4.78, 5) is 11.4. The number of benzene rings is 2. The summed E-state index contributed by atoms with van der Waals surface area (Å²) in [7, 11) is -2.11. The molecule has 162 valence electrons. The van der Waals surface area contributed by atoms with E-state index >= 15 is 0 Å². The molecule has 1 aliphatic rings. The average Bonchev–Trinajstić information content (AvgIpc) is 3.43. The zero-order valence-corrected chi connectivity index (χ0v) is 18.1. The Bertz CT molecular complexity index is 1190. The summed E-state index contributed by atoms with van der Waals surface area (Å²) >= 11 is 0. The molecule has 1 aliphatic heterocycles. The number of hydrogen-bond donors (Lipinski definition) is 2. The number of H-pyrrole nitrogens is 1. The summed E-state index contributed by atoms with van der Waals surface area (Å²) < 4.78 is 33.7. The molecule has 8 nitrogen and oxygen atoms in total. The van der Waals surface area contributed by atoms with Crippen LogP contribution < -0.4 is 10.1 Å². The van der Waals surface area contributed by atoms with Gasteiger partial charge in [-0.1, -0.05) is 12.1 Å². The van der Waals surface area contributed by atoms with E-state index in [0.29, 0.717) is 18.7 Å². The fraction of sp³-hybridized carbons (Fsp3) is 0.273. The highest BCUT2D eigenvalue weighted by Crippen LogP contribution is 2.40. The molecule has 0 radical (unpaired) electrons. The number of ether oxygens (including phenoxy) is 1. The van der Waals surface area contributed by atoms with Crippen molar-refractivity contribution >= 4 is 21.6 Å². The highest BCUT2D eigenvalue weighted by molar-refractivity contribution is 7.89. The summed E-state index contributed by atoms with van der Waals surface area (Å²) in [5.74, 6) is 0.513. The van der Waals surface area contributed by atoms with Gasteiger partial charge in [-0.05, 0) is 54.8 Å². The van der Waals surface area contributed by atoms with Gasteiger partial charge in [0, 0.05) is 24.7 Å². The van der Waals surface area contributed by atoms with Crippen molar-refractivity contribution in [1.82, 2.24) is 14.5 Å². The third-order valence-electron chi connectivity index (χ3n) is 5.37. The lowest BCUT2D eigenvalue weighted by Crippen LogP contribution is -2.31. The van der Waals surface area contributed by atoms with Gasteiger partial charge in [0.2, 0.25) is 15.9 Å². The van der Waals surface area contributed by atoms with E-state index in [1.165, 1.54) is 23.4 Å². The van der Waals surface area contributed by atoms with Crippen LogP contribution in [0.3, 0.4) is 0 Å². The molecule has 4 rings (SSSR count). The van der Waals surface area contributed by atoms with Gasteiger partial charge in [0.05, 0.1) is 29.9 Å². The van der Waals surface area contributed by atoms with Gasteiger partial charge in [0.25, 0.3) is 0 Å². The molecule has 31 heavy (non-hydrogen) atoms. The Balaban J connectivity index is 1.66. The number of amides is 1. The van der Waals surface area contributed by atoms with Gasteiger partial charge >= 0.3 is 0 Å². The molecule has 0 bridgehead atoms. The Hall–Kier alpha value is -3.17. The number of carbonyl (C=O) groups is 1. The zero-order chi connectivity index (χ0) is 22.0.